The lowest BCUT2D eigenvalue weighted by atomic mass is 10.00. The van der Waals surface area contributed by atoms with E-state index in [1.54, 1.807) is 13.0 Å². The molecule has 84 valence electrons. The number of anilines is 1. The van der Waals surface area contributed by atoms with Crippen molar-refractivity contribution in [2.45, 2.75) is 19.4 Å². The first-order valence-electron chi connectivity index (χ1n) is 5.15. The van der Waals surface area contributed by atoms with Gasteiger partial charge >= 0.3 is 0 Å². The first-order chi connectivity index (χ1) is 7.66. The van der Waals surface area contributed by atoms with E-state index in [0.717, 1.165) is 11.1 Å². The minimum atomic E-state index is -0.384. The summed E-state index contributed by atoms with van der Waals surface area (Å²) in [7, 11) is 0. The van der Waals surface area contributed by atoms with Gasteiger partial charge in [0.25, 0.3) is 0 Å². The molecule has 3 N–H and O–H groups in total. The molecule has 2 rings (SSSR count). The number of hydrogen-bond acceptors (Lipinski definition) is 4. The molecule has 0 bridgehead atoms. The first kappa shape index (κ1) is 10.7. The second-order valence-corrected chi connectivity index (χ2v) is 3.82. The standard InChI is InChI=1S/C12H14N2O2/c1-8(15)6-9-4-2-3-5-10(9)11-7-12(13)16-14-11/h2-5,7-8,15H,6,13H2,1H3. The van der Waals surface area contributed by atoms with Gasteiger partial charge in [-0.2, -0.15) is 0 Å². The van der Waals surface area contributed by atoms with Crippen LogP contribution >= 0.6 is 0 Å². The van der Waals surface area contributed by atoms with E-state index in [0.29, 0.717) is 18.0 Å². The number of rotatable bonds is 3. The lowest BCUT2D eigenvalue weighted by molar-refractivity contribution is 0.195. The average molecular weight is 218 g/mol. The van der Waals surface area contributed by atoms with Gasteiger partial charge in [-0.1, -0.05) is 29.4 Å². The molecule has 0 amide bonds. The second-order valence-electron chi connectivity index (χ2n) is 3.82. The summed E-state index contributed by atoms with van der Waals surface area (Å²) in [4.78, 5) is 0. The number of nitrogen functional groups attached to an aromatic ring is 1. The van der Waals surface area contributed by atoms with E-state index in [2.05, 4.69) is 5.16 Å². The Bertz CT molecular complexity index is 477. The topological polar surface area (TPSA) is 72.3 Å². The van der Waals surface area contributed by atoms with Crippen LogP contribution in [-0.2, 0) is 6.42 Å². The van der Waals surface area contributed by atoms with Gasteiger partial charge in [0.2, 0.25) is 5.88 Å². The molecule has 4 heteroatoms. The van der Waals surface area contributed by atoms with Crippen molar-refractivity contribution in [3.63, 3.8) is 0 Å². The number of nitrogens with two attached hydrogens (primary N) is 1. The Hall–Kier alpha value is -1.81. The molecule has 0 aliphatic rings. The SMILES string of the molecule is CC(O)Cc1ccccc1-c1cc(N)on1. The zero-order chi connectivity index (χ0) is 11.5. The fourth-order valence-corrected chi connectivity index (χ4v) is 1.68. The molecule has 0 radical (unpaired) electrons. The molecule has 4 nitrogen and oxygen atoms in total. The zero-order valence-corrected chi connectivity index (χ0v) is 9.05. The van der Waals surface area contributed by atoms with Crippen LogP contribution in [0.15, 0.2) is 34.9 Å². The molecule has 1 atom stereocenters. The van der Waals surface area contributed by atoms with Crippen LogP contribution in [0.25, 0.3) is 11.3 Å². The highest BCUT2D eigenvalue weighted by molar-refractivity contribution is 5.65. The highest BCUT2D eigenvalue weighted by atomic mass is 16.5. The van der Waals surface area contributed by atoms with Crippen LogP contribution in [0.4, 0.5) is 5.88 Å². The molecule has 1 heterocycles. The van der Waals surface area contributed by atoms with E-state index in [1.807, 2.05) is 24.3 Å². The summed E-state index contributed by atoms with van der Waals surface area (Å²) in [5.74, 6) is 0.293. The Labute approximate surface area is 93.7 Å². The molecular formula is C12H14N2O2. The van der Waals surface area contributed by atoms with Crippen molar-refractivity contribution in [2.75, 3.05) is 5.73 Å². The van der Waals surface area contributed by atoms with Gasteiger partial charge in [-0.15, -0.1) is 0 Å². The molecule has 0 spiro atoms. The van der Waals surface area contributed by atoms with Gasteiger partial charge in [-0.3, -0.25) is 0 Å². The average Bonchev–Trinajstić information content (AvgIpc) is 2.65. The third-order valence-corrected chi connectivity index (χ3v) is 2.34. The van der Waals surface area contributed by atoms with Gasteiger partial charge in [-0.05, 0) is 18.9 Å². The van der Waals surface area contributed by atoms with Crippen molar-refractivity contribution in [3.8, 4) is 11.3 Å². The van der Waals surface area contributed by atoms with Crippen LogP contribution in [-0.4, -0.2) is 16.4 Å². The van der Waals surface area contributed by atoms with E-state index < -0.39 is 0 Å². The molecule has 1 aromatic heterocycles. The van der Waals surface area contributed by atoms with Gasteiger partial charge in [0.15, 0.2) is 0 Å². The van der Waals surface area contributed by atoms with Crippen molar-refractivity contribution in [3.05, 3.63) is 35.9 Å². The second kappa shape index (κ2) is 4.37. The molecule has 0 aliphatic heterocycles. The molecule has 1 aromatic carbocycles. The third kappa shape index (κ3) is 2.23. The summed E-state index contributed by atoms with van der Waals surface area (Å²) in [6.45, 7) is 1.76. The monoisotopic (exact) mass is 218 g/mol. The highest BCUT2D eigenvalue weighted by Crippen LogP contribution is 2.24. The normalized spacial score (nSPS) is 12.6. The Morgan fingerprint density at radius 1 is 1.44 bits per heavy atom. The van der Waals surface area contributed by atoms with Gasteiger partial charge < -0.3 is 15.4 Å². The molecule has 0 fully saturated rings. The number of benzene rings is 1. The van der Waals surface area contributed by atoms with Gasteiger partial charge in [-0.25, -0.2) is 0 Å². The molecule has 0 saturated heterocycles. The van der Waals surface area contributed by atoms with Crippen LogP contribution in [0.3, 0.4) is 0 Å². The Morgan fingerprint density at radius 2 is 2.19 bits per heavy atom. The Balaban J connectivity index is 2.40. The summed E-state index contributed by atoms with van der Waals surface area (Å²) in [5.41, 5.74) is 8.17. The van der Waals surface area contributed by atoms with Crippen LogP contribution < -0.4 is 5.73 Å². The summed E-state index contributed by atoms with van der Waals surface area (Å²) >= 11 is 0. The summed E-state index contributed by atoms with van der Waals surface area (Å²) in [6.07, 6.45) is 0.202. The number of nitrogens with zero attached hydrogens (tertiary/aromatic N) is 1. The predicted octanol–water partition coefficient (Wildman–Crippen LogP) is 1.85. The van der Waals surface area contributed by atoms with Crippen LogP contribution in [0, 0.1) is 0 Å². The van der Waals surface area contributed by atoms with E-state index in [9.17, 15) is 5.11 Å². The van der Waals surface area contributed by atoms with E-state index in [1.165, 1.54) is 0 Å². The summed E-state index contributed by atoms with van der Waals surface area (Å²) in [5, 5.41) is 13.3. The molecule has 1 unspecified atom stereocenters. The largest absolute Gasteiger partial charge is 0.393 e. The summed E-state index contributed by atoms with van der Waals surface area (Å²) < 4.78 is 4.84. The number of aliphatic hydroxyl groups excluding tert-OH is 1. The number of aliphatic hydroxyl groups is 1. The van der Waals surface area contributed by atoms with Crippen LogP contribution in [0.5, 0.6) is 0 Å². The number of aromatic nitrogens is 1. The fourth-order valence-electron chi connectivity index (χ4n) is 1.68. The lowest BCUT2D eigenvalue weighted by Crippen LogP contribution is -2.05. The van der Waals surface area contributed by atoms with Crippen molar-refractivity contribution in [2.24, 2.45) is 0 Å². The van der Waals surface area contributed by atoms with E-state index in [4.69, 9.17) is 10.3 Å². The van der Waals surface area contributed by atoms with Crippen molar-refractivity contribution in [1.82, 2.24) is 5.16 Å². The van der Waals surface area contributed by atoms with E-state index in [-0.39, 0.29) is 6.10 Å². The maximum Gasteiger partial charge on any atom is 0.222 e. The lowest BCUT2D eigenvalue weighted by Gasteiger charge is -2.08. The quantitative estimate of drug-likeness (QED) is 0.824. The van der Waals surface area contributed by atoms with Crippen molar-refractivity contribution in [1.29, 1.82) is 0 Å². The smallest absolute Gasteiger partial charge is 0.222 e. The van der Waals surface area contributed by atoms with Crippen LogP contribution in [0.1, 0.15) is 12.5 Å². The van der Waals surface area contributed by atoms with Crippen molar-refractivity contribution >= 4 is 5.88 Å². The molecule has 0 saturated carbocycles. The maximum absolute atomic E-state index is 9.41. The van der Waals surface area contributed by atoms with Crippen LogP contribution in [0.2, 0.25) is 0 Å². The first-order valence-corrected chi connectivity index (χ1v) is 5.15. The Morgan fingerprint density at radius 3 is 2.81 bits per heavy atom. The molecular weight excluding hydrogens is 204 g/mol. The zero-order valence-electron chi connectivity index (χ0n) is 9.05. The predicted molar refractivity (Wildman–Crippen MR) is 61.7 cm³/mol. The molecule has 16 heavy (non-hydrogen) atoms. The maximum atomic E-state index is 9.41. The minimum absolute atomic E-state index is 0.293. The highest BCUT2D eigenvalue weighted by Gasteiger charge is 2.10. The number of hydrogen-bond donors (Lipinski definition) is 2. The minimum Gasteiger partial charge on any atom is -0.393 e. The summed E-state index contributed by atoms with van der Waals surface area (Å²) in [6, 6.07) is 9.44. The fraction of sp³-hybridized carbons (Fsp3) is 0.250. The molecule has 0 aliphatic carbocycles. The van der Waals surface area contributed by atoms with Gasteiger partial charge in [0.1, 0.15) is 5.69 Å². The van der Waals surface area contributed by atoms with Gasteiger partial charge in [0, 0.05) is 11.6 Å². The third-order valence-electron chi connectivity index (χ3n) is 2.34. The Kier molecular flexibility index (Phi) is 2.92. The molecule has 2 aromatic rings. The van der Waals surface area contributed by atoms with Gasteiger partial charge in [0.05, 0.1) is 6.10 Å². The van der Waals surface area contributed by atoms with E-state index >= 15 is 0 Å². The van der Waals surface area contributed by atoms with Crippen molar-refractivity contribution < 1.29 is 9.63 Å².